The summed E-state index contributed by atoms with van der Waals surface area (Å²) in [4.78, 5) is 23.2. The number of rotatable bonds is 8. The standard InChI is InChI=1S/C13H18N2O6/c1-14(2)5-4-6-21-12-7-9(13(16)17)10(15(18)19)8-11(12)20-3/h7-8H,4-6H2,1-3H3,(H,16,17). The van der Waals surface area contributed by atoms with Crippen molar-refractivity contribution in [3.05, 3.63) is 27.8 Å². The summed E-state index contributed by atoms with van der Waals surface area (Å²) < 4.78 is 10.5. The second kappa shape index (κ2) is 7.44. The Labute approximate surface area is 122 Å². The minimum atomic E-state index is -1.39. The summed E-state index contributed by atoms with van der Waals surface area (Å²) >= 11 is 0. The number of benzene rings is 1. The highest BCUT2D eigenvalue weighted by atomic mass is 16.6. The fraction of sp³-hybridized carbons (Fsp3) is 0.462. The molecule has 0 bridgehead atoms. The number of aromatic carboxylic acids is 1. The van der Waals surface area contributed by atoms with Gasteiger partial charge in [0.1, 0.15) is 5.56 Å². The Bertz CT molecular complexity index is 530. The zero-order chi connectivity index (χ0) is 16.0. The van der Waals surface area contributed by atoms with Crippen molar-refractivity contribution in [1.29, 1.82) is 0 Å². The van der Waals surface area contributed by atoms with Crippen LogP contribution in [0.15, 0.2) is 12.1 Å². The molecule has 0 heterocycles. The number of carbonyl (C=O) groups is 1. The van der Waals surface area contributed by atoms with Gasteiger partial charge in [-0.05, 0) is 20.5 Å². The topological polar surface area (TPSA) is 102 Å². The Balaban J connectivity index is 2.99. The van der Waals surface area contributed by atoms with Gasteiger partial charge in [-0.15, -0.1) is 0 Å². The van der Waals surface area contributed by atoms with Crippen molar-refractivity contribution in [2.75, 3.05) is 34.4 Å². The van der Waals surface area contributed by atoms with E-state index in [0.29, 0.717) is 6.61 Å². The maximum Gasteiger partial charge on any atom is 0.342 e. The molecule has 0 saturated heterocycles. The van der Waals surface area contributed by atoms with Crippen LogP contribution in [-0.2, 0) is 0 Å². The van der Waals surface area contributed by atoms with Gasteiger partial charge in [-0.3, -0.25) is 10.1 Å². The lowest BCUT2D eigenvalue weighted by Gasteiger charge is -2.13. The summed E-state index contributed by atoms with van der Waals surface area (Å²) in [6, 6.07) is 2.18. The van der Waals surface area contributed by atoms with Crippen molar-refractivity contribution in [1.82, 2.24) is 4.90 Å². The van der Waals surface area contributed by atoms with E-state index in [4.69, 9.17) is 14.6 Å². The van der Waals surface area contributed by atoms with Gasteiger partial charge in [0, 0.05) is 12.6 Å². The van der Waals surface area contributed by atoms with Gasteiger partial charge in [0.2, 0.25) is 0 Å². The largest absolute Gasteiger partial charge is 0.493 e. The quantitative estimate of drug-likeness (QED) is 0.442. The van der Waals surface area contributed by atoms with E-state index >= 15 is 0 Å². The first-order chi connectivity index (χ1) is 9.86. The highest BCUT2D eigenvalue weighted by molar-refractivity contribution is 5.93. The molecule has 8 nitrogen and oxygen atoms in total. The second-order valence-corrected chi connectivity index (χ2v) is 4.59. The Morgan fingerprint density at radius 3 is 2.52 bits per heavy atom. The number of nitro benzene ring substituents is 1. The molecule has 0 fully saturated rings. The molecule has 1 aromatic carbocycles. The van der Waals surface area contributed by atoms with E-state index < -0.39 is 22.1 Å². The molecule has 0 aliphatic rings. The SMILES string of the molecule is COc1cc([N+](=O)[O-])c(C(=O)O)cc1OCCCN(C)C. The van der Waals surface area contributed by atoms with E-state index in [2.05, 4.69) is 0 Å². The van der Waals surface area contributed by atoms with Gasteiger partial charge in [-0.1, -0.05) is 0 Å². The molecule has 0 spiro atoms. The van der Waals surface area contributed by atoms with E-state index in [1.807, 2.05) is 19.0 Å². The normalized spacial score (nSPS) is 10.5. The lowest BCUT2D eigenvalue weighted by molar-refractivity contribution is -0.385. The number of methoxy groups -OCH3 is 1. The molecule has 8 heteroatoms. The van der Waals surface area contributed by atoms with Crippen molar-refractivity contribution < 1.29 is 24.3 Å². The van der Waals surface area contributed by atoms with Gasteiger partial charge in [-0.25, -0.2) is 4.79 Å². The predicted molar refractivity (Wildman–Crippen MR) is 75.3 cm³/mol. The predicted octanol–water partition coefficient (Wildman–Crippen LogP) is 1.63. The first-order valence-electron chi connectivity index (χ1n) is 6.24. The average molecular weight is 298 g/mol. The average Bonchev–Trinajstić information content (AvgIpc) is 2.42. The van der Waals surface area contributed by atoms with Gasteiger partial charge in [0.25, 0.3) is 5.69 Å². The molecular weight excluding hydrogens is 280 g/mol. The molecule has 0 radical (unpaired) electrons. The van der Waals surface area contributed by atoms with Crippen molar-refractivity contribution >= 4 is 11.7 Å². The Kier molecular flexibility index (Phi) is 5.92. The van der Waals surface area contributed by atoms with Gasteiger partial charge in [0.15, 0.2) is 11.5 Å². The summed E-state index contributed by atoms with van der Waals surface area (Å²) in [5, 5.41) is 19.9. The van der Waals surface area contributed by atoms with Crippen LogP contribution in [0.3, 0.4) is 0 Å². The molecule has 21 heavy (non-hydrogen) atoms. The van der Waals surface area contributed by atoms with Crippen LogP contribution in [-0.4, -0.2) is 55.3 Å². The van der Waals surface area contributed by atoms with E-state index in [-0.39, 0.29) is 11.5 Å². The number of nitro groups is 1. The molecule has 0 atom stereocenters. The van der Waals surface area contributed by atoms with Crippen LogP contribution in [0.25, 0.3) is 0 Å². The zero-order valence-corrected chi connectivity index (χ0v) is 12.2. The minimum Gasteiger partial charge on any atom is -0.493 e. The molecule has 0 aliphatic heterocycles. The minimum absolute atomic E-state index is 0.136. The van der Waals surface area contributed by atoms with Crippen molar-refractivity contribution in [3.63, 3.8) is 0 Å². The van der Waals surface area contributed by atoms with E-state index in [1.165, 1.54) is 7.11 Å². The monoisotopic (exact) mass is 298 g/mol. The summed E-state index contributed by atoms with van der Waals surface area (Å²) in [5.74, 6) is -1.07. The Hall–Kier alpha value is -2.35. The fourth-order valence-electron chi connectivity index (χ4n) is 1.71. The molecule has 116 valence electrons. The molecule has 0 aliphatic carbocycles. The Morgan fingerprint density at radius 2 is 2.05 bits per heavy atom. The molecule has 0 aromatic heterocycles. The van der Waals surface area contributed by atoms with Crippen LogP contribution in [0.2, 0.25) is 0 Å². The van der Waals surface area contributed by atoms with E-state index in [1.54, 1.807) is 0 Å². The highest BCUT2D eigenvalue weighted by Crippen LogP contribution is 2.34. The highest BCUT2D eigenvalue weighted by Gasteiger charge is 2.24. The van der Waals surface area contributed by atoms with Crippen LogP contribution < -0.4 is 9.47 Å². The van der Waals surface area contributed by atoms with E-state index in [9.17, 15) is 14.9 Å². The van der Waals surface area contributed by atoms with Gasteiger partial charge in [0.05, 0.1) is 24.7 Å². The molecule has 0 unspecified atom stereocenters. The summed E-state index contributed by atoms with van der Waals surface area (Å²) in [7, 11) is 5.19. The number of ether oxygens (including phenoxy) is 2. The van der Waals surface area contributed by atoms with Gasteiger partial charge >= 0.3 is 5.97 Å². The van der Waals surface area contributed by atoms with Crippen molar-refractivity contribution in [2.45, 2.75) is 6.42 Å². The van der Waals surface area contributed by atoms with Crippen LogP contribution in [0, 0.1) is 10.1 Å². The summed E-state index contributed by atoms with van der Waals surface area (Å²) in [5.41, 5.74) is -0.955. The third-order valence-corrected chi connectivity index (χ3v) is 2.72. The van der Waals surface area contributed by atoms with Crippen LogP contribution in [0.1, 0.15) is 16.8 Å². The van der Waals surface area contributed by atoms with Gasteiger partial charge in [-0.2, -0.15) is 0 Å². The number of carboxylic acid groups (broad SMARTS) is 1. The second-order valence-electron chi connectivity index (χ2n) is 4.59. The molecule has 1 N–H and O–H groups in total. The van der Waals surface area contributed by atoms with Crippen molar-refractivity contribution in [3.8, 4) is 11.5 Å². The lowest BCUT2D eigenvalue weighted by atomic mass is 10.1. The summed E-state index contributed by atoms with van der Waals surface area (Å²) in [6.07, 6.45) is 0.732. The first-order valence-corrected chi connectivity index (χ1v) is 6.24. The van der Waals surface area contributed by atoms with Crippen LogP contribution in [0.4, 0.5) is 5.69 Å². The maximum absolute atomic E-state index is 11.1. The van der Waals surface area contributed by atoms with E-state index in [0.717, 1.165) is 25.1 Å². The number of hydrogen-bond acceptors (Lipinski definition) is 6. The zero-order valence-electron chi connectivity index (χ0n) is 12.2. The van der Waals surface area contributed by atoms with Gasteiger partial charge < -0.3 is 19.5 Å². The molecule has 1 rings (SSSR count). The van der Waals surface area contributed by atoms with Crippen LogP contribution >= 0.6 is 0 Å². The smallest absolute Gasteiger partial charge is 0.342 e. The number of carboxylic acids is 1. The lowest BCUT2D eigenvalue weighted by Crippen LogP contribution is -2.15. The molecule has 1 aromatic rings. The summed E-state index contributed by atoms with van der Waals surface area (Å²) in [6.45, 7) is 1.16. The van der Waals surface area contributed by atoms with Crippen LogP contribution in [0.5, 0.6) is 11.5 Å². The Morgan fingerprint density at radius 1 is 1.38 bits per heavy atom. The number of nitrogens with zero attached hydrogens (tertiary/aromatic N) is 2. The first kappa shape index (κ1) is 16.7. The van der Waals surface area contributed by atoms with Crippen molar-refractivity contribution in [2.24, 2.45) is 0 Å². The molecule has 0 saturated carbocycles. The number of hydrogen-bond donors (Lipinski definition) is 1. The molecule has 0 amide bonds. The maximum atomic E-state index is 11.1. The third-order valence-electron chi connectivity index (χ3n) is 2.72. The third kappa shape index (κ3) is 4.60. The fourth-order valence-corrected chi connectivity index (χ4v) is 1.71. The molecular formula is C13H18N2O6.